The Morgan fingerprint density at radius 1 is 0.912 bits per heavy atom. The second-order valence-corrected chi connectivity index (χ2v) is 7.39. The summed E-state index contributed by atoms with van der Waals surface area (Å²) in [6, 6.07) is 19.4. The predicted octanol–water partition coefficient (Wildman–Crippen LogP) is 4.63. The summed E-state index contributed by atoms with van der Waals surface area (Å²) in [5.41, 5.74) is 2.98. The van der Waals surface area contributed by atoms with Crippen LogP contribution in [0.2, 0.25) is 0 Å². The van der Waals surface area contributed by atoms with E-state index in [0.717, 1.165) is 11.3 Å². The van der Waals surface area contributed by atoms with Gasteiger partial charge in [-0.25, -0.2) is 9.07 Å². The van der Waals surface area contributed by atoms with Crippen LogP contribution in [-0.2, 0) is 6.54 Å². The van der Waals surface area contributed by atoms with Crippen LogP contribution in [0.15, 0.2) is 72.9 Å². The highest BCUT2D eigenvalue weighted by Crippen LogP contribution is 2.34. The zero-order chi connectivity index (χ0) is 24.1. The van der Waals surface area contributed by atoms with Gasteiger partial charge in [0.25, 0.3) is 5.91 Å². The van der Waals surface area contributed by atoms with Crippen LogP contribution in [0.5, 0.6) is 17.2 Å². The molecule has 0 saturated carbocycles. The van der Waals surface area contributed by atoms with Crippen molar-refractivity contribution in [3.05, 3.63) is 90.0 Å². The number of para-hydroxylation sites is 1. The molecule has 0 unspecified atom stereocenters. The van der Waals surface area contributed by atoms with Crippen LogP contribution in [0.1, 0.15) is 16.1 Å². The highest BCUT2D eigenvalue weighted by Gasteiger charge is 2.20. The normalized spacial score (nSPS) is 10.6. The highest BCUT2D eigenvalue weighted by atomic mass is 19.1. The number of halogens is 1. The first-order valence-electron chi connectivity index (χ1n) is 10.5. The number of nitrogens with zero attached hydrogens (tertiary/aromatic N) is 2. The van der Waals surface area contributed by atoms with Crippen molar-refractivity contribution in [2.24, 2.45) is 0 Å². The van der Waals surface area contributed by atoms with Gasteiger partial charge in [-0.1, -0.05) is 30.3 Å². The average Bonchev–Trinajstić information content (AvgIpc) is 3.33. The molecular weight excluding hydrogens is 437 g/mol. The van der Waals surface area contributed by atoms with Crippen molar-refractivity contribution in [2.75, 3.05) is 21.3 Å². The minimum absolute atomic E-state index is 0.128. The lowest BCUT2D eigenvalue weighted by molar-refractivity contribution is 0.0946. The van der Waals surface area contributed by atoms with Gasteiger partial charge in [-0.2, -0.15) is 5.10 Å². The molecule has 0 fully saturated rings. The van der Waals surface area contributed by atoms with E-state index in [-0.39, 0.29) is 18.0 Å². The number of methoxy groups -OCH3 is 3. The third-order valence-corrected chi connectivity index (χ3v) is 5.31. The first kappa shape index (κ1) is 22.8. The van der Waals surface area contributed by atoms with Crippen molar-refractivity contribution in [3.8, 4) is 34.1 Å². The number of hydrogen-bond donors (Lipinski definition) is 1. The topological polar surface area (TPSA) is 74.6 Å². The third kappa shape index (κ3) is 4.71. The maximum Gasteiger partial charge on any atom is 0.272 e. The van der Waals surface area contributed by atoms with E-state index in [4.69, 9.17) is 14.2 Å². The summed E-state index contributed by atoms with van der Waals surface area (Å²) < 4.78 is 31.4. The van der Waals surface area contributed by atoms with Crippen LogP contribution in [0, 0.1) is 5.82 Å². The molecule has 0 spiro atoms. The molecule has 0 aliphatic heterocycles. The smallest absolute Gasteiger partial charge is 0.272 e. The van der Waals surface area contributed by atoms with Gasteiger partial charge in [0.2, 0.25) is 0 Å². The van der Waals surface area contributed by atoms with Crippen molar-refractivity contribution < 1.29 is 23.4 Å². The van der Waals surface area contributed by atoms with E-state index >= 15 is 0 Å². The second-order valence-electron chi connectivity index (χ2n) is 7.39. The second kappa shape index (κ2) is 10.1. The Labute approximate surface area is 196 Å². The Morgan fingerprint density at radius 3 is 2.29 bits per heavy atom. The van der Waals surface area contributed by atoms with Crippen molar-refractivity contribution in [1.29, 1.82) is 0 Å². The van der Waals surface area contributed by atoms with Gasteiger partial charge < -0.3 is 19.5 Å². The van der Waals surface area contributed by atoms with Gasteiger partial charge in [0, 0.05) is 18.3 Å². The first-order valence-corrected chi connectivity index (χ1v) is 10.5. The number of rotatable bonds is 8. The SMILES string of the molecule is COc1ccc(CNC(=O)c2nn(-c3ccccc3)cc2-c2ccc(OC)c(OC)c2)cc1F. The minimum Gasteiger partial charge on any atom is -0.494 e. The number of aromatic nitrogens is 2. The molecule has 7 nitrogen and oxygen atoms in total. The van der Waals surface area contributed by atoms with E-state index in [9.17, 15) is 9.18 Å². The Bertz CT molecular complexity index is 1300. The molecule has 34 heavy (non-hydrogen) atoms. The van der Waals surface area contributed by atoms with Crippen molar-refractivity contribution >= 4 is 5.91 Å². The number of amides is 1. The molecule has 1 aromatic heterocycles. The van der Waals surface area contributed by atoms with Crippen molar-refractivity contribution in [1.82, 2.24) is 15.1 Å². The number of ether oxygens (including phenoxy) is 3. The number of hydrogen-bond acceptors (Lipinski definition) is 5. The molecule has 1 amide bonds. The van der Waals surface area contributed by atoms with Crippen molar-refractivity contribution in [3.63, 3.8) is 0 Å². The van der Waals surface area contributed by atoms with Gasteiger partial charge >= 0.3 is 0 Å². The maximum atomic E-state index is 14.0. The molecule has 0 aliphatic carbocycles. The van der Waals surface area contributed by atoms with Gasteiger partial charge in [-0.15, -0.1) is 0 Å². The summed E-state index contributed by atoms with van der Waals surface area (Å²) in [6.07, 6.45) is 1.79. The Balaban J connectivity index is 1.68. The Hall–Kier alpha value is -4.33. The molecular formula is C26H24FN3O4. The fraction of sp³-hybridized carbons (Fsp3) is 0.154. The minimum atomic E-state index is -0.492. The van der Waals surface area contributed by atoms with E-state index < -0.39 is 11.7 Å². The summed E-state index contributed by atoms with van der Waals surface area (Å²) in [5, 5.41) is 7.38. The highest BCUT2D eigenvalue weighted by molar-refractivity contribution is 5.99. The largest absolute Gasteiger partial charge is 0.494 e. The number of carbonyl (C=O) groups excluding carboxylic acids is 1. The van der Waals surface area contributed by atoms with Gasteiger partial charge in [-0.3, -0.25) is 4.79 Å². The molecule has 8 heteroatoms. The molecule has 1 heterocycles. The van der Waals surface area contributed by atoms with Crippen LogP contribution in [0.25, 0.3) is 16.8 Å². The summed E-state index contributed by atoms with van der Waals surface area (Å²) >= 11 is 0. The van der Waals surface area contributed by atoms with Gasteiger partial charge in [0.1, 0.15) is 0 Å². The molecule has 0 radical (unpaired) electrons. The zero-order valence-electron chi connectivity index (χ0n) is 19.0. The molecule has 0 atom stereocenters. The summed E-state index contributed by atoms with van der Waals surface area (Å²) in [6.45, 7) is 0.128. The average molecular weight is 461 g/mol. The molecule has 0 bridgehead atoms. The van der Waals surface area contributed by atoms with E-state index in [0.29, 0.717) is 22.6 Å². The predicted molar refractivity (Wildman–Crippen MR) is 126 cm³/mol. The summed E-state index contributed by atoms with van der Waals surface area (Å²) in [4.78, 5) is 13.2. The molecule has 1 N–H and O–H groups in total. The Kier molecular flexibility index (Phi) is 6.77. The third-order valence-electron chi connectivity index (χ3n) is 5.31. The molecule has 174 valence electrons. The van der Waals surface area contributed by atoms with Gasteiger partial charge in [-0.05, 0) is 47.5 Å². The lowest BCUT2D eigenvalue weighted by Crippen LogP contribution is -2.24. The lowest BCUT2D eigenvalue weighted by Gasteiger charge is -2.10. The van der Waals surface area contributed by atoms with Crippen LogP contribution in [0.4, 0.5) is 4.39 Å². The fourth-order valence-electron chi connectivity index (χ4n) is 3.56. The lowest BCUT2D eigenvalue weighted by atomic mass is 10.1. The standard InChI is InChI=1S/C26H24FN3O4/c1-32-22-11-9-17(13-21(22)27)15-28-26(31)25-20(16-30(29-25)19-7-5-4-6-8-19)18-10-12-23(33-2)24(14-18)34-3/h4-14,16H,15H2,1-3H3,(H,28,31). The van der Waals surface area contributed by atoms with E-state index in [1.54, 1.807) is 43.3 Å². The maximum absolute atomic E-state index is 14.0. The number of benzene rings is 3. The van der Waals surface area contributed by atoms with E-state index in [1.165, 1.54) is 19.2 Å². The van der Waals surface area contributed by atoms with Crippen LogP contribution < -0.4 is 19.5 Å². The molecule has 0 aliphatic rings. The van der Waals surface area contributed by atoms with E-state index in [1.807, 2.05) is 36.4 Å². The first-order chi connectivity index (χ1) is 16.5. The van der Waals surface area contributed by atoms with Crippen molar-refractivity contribution in [2.45, 2.75) is 6.54 Å². The number of carbonyl (C=O) groups is 1. The number of nitrogens with one attached hydrogen (secondary N) is 1. The van der Waals surface area contributed by atoms with E-state index in [2.05, 4.69) is 10.4 Å². The van der Waals surface area contributed by atoms with Gasteiger partial charge in [0.05, 0.1) is 27.0 Å². The quantitative estimate of drug-likeness (QED) is 0.414. The summed E-state index contributed by atoms with van der Waals surface area (Å²) in [5.74, 6) is 0.374. The molecule has 4 rings (SSSR count). The van der Waals surface area contributed by atoms with Crippen LogP contribution in [-0.4, -0.2) is 37.0 Å². The monoisotopic (exact) mass is 461 g/mol. The van der Waals surface area contributed by atoms with Gasteiger partial charge in [0.15, 0.2) is 28.8 Å². The van der Waals surface area contributed by atoms with Crippen LogP contribution in [0.3, 0.4) is 0 Å². The Morgan fingerprint density at radius 2 is 1.62 bits per heavy atom. The van der Waals surface area contributed by atoms with Crippen LogP contribution >= 0.6 is 0 Å². The molecule has 3 aromatic carbocycles. The molecule has 4 aromatic rings. The summed E-state index contributed by atoms with van der Waals surface area (Å²) in [7, 11) is 4.51. The zero-order valence-corrected chi connectivity index (χ0v) is 19.0. The molecule has 0 saturated heterocycles. The fourth-order valence-corrected chi connectivity index (χ4v) is 3.56.